The van der Waals surface area contributed by atoms with E-state index >= 15 is 0 Å². The van der Waals surface area contributed by atoms with Gasteiger partial charge in [0.15, 0.2) is 0 Å². The molecule has 0 aromatic heterocycles. The lowest BCUT2D eigenvalue weighted by Crippen LogP contribution is -2.35. The average Bonchev–Trinajstić information content (AvgIpc) is 2.70. The summed E-state index contributed by atoms with van der Waals surface area (Å²) in [5, 5.41) is 8.71. The Labute approximate surface area is 193 Å². The summed E-state index contributed by atoms with van der Waals surface area (Å²) >= 11 is 5.94. The van der Waals surface area contributed by atoms with Crippen LogP contribution in [0.5, 0.6) is 0 Å². The number of alkyl carbamates (subject to hydrolysis) is 1. The molecule has 0 aliphatic rings. The number of halogens is 1. The summed E-state index contributed by atoms with van der Waals surface area (Å²) < 4.78 is 5.11. The van der Waals surface area contributed by atoms with Gasteiger partial charge in [0, 0.05) is 36.3 Å². The maximum absolute atomic E-state index is 12.2. The highest BCUT2D eigenvalue weighted by Crippen LogP contribution is 2.13. The summed E-state index contributed by atoms with van der Waals surface area (Å²) in [5.74, 6) is -0.487. The first-order valence-corrected chi connectivity index (χ1v) is 10.6. The highest BCUT2D eigenvalue weighted by Gasteiger charge is 2.15. The Morgan fingerprint density at radius 3 is 2.50 bits per heavy atom. The Bertz CT molecular complexity index is 983. The van der Waals surface area contributed by atoms with Gasteiger partial charge in [-0.05, 0) is 62.2 Å². The molecule has 0 spiro atoms. The van der Waals surface area contributed by atoms with Gasteiger partial charge in [-0.1, -0.05) is 35.9 Å². The summed E-state index contributed by atoms with van der Waals surface area (Å²) in [5.41, 5.74) is 1.68. The van der Waals surface area contributed by atoms with E-state index in [0.717, 1.165) is 11.1 Å². The van der Waals surface area contributed by atoms with Crippen molar-refractivity contribution in [1.82, 2.24) is 10.6 Å². The Hall–Kier alpha value is -3.32. The fraction of sp³-hybridized carbons (Fsp3) is 0.292. The number of hydrogen-bond donors (Lipinski definition) is 3. The molecule has 2 aromatic rings. The van der Waals surface area contributed by atoms with Gasteiger partial charge in [-0.25, -0.2) is 4.79 Å². The van der Waals surface area contributed by atoms with Gasteiger partial charge >= 0.3 is 6.09 Å². The Kier molecular flexibility index (Phi) is 9.28. The first-order chi connectivity index (χ1) is 15.1. The number of rotatable bonds is 8. The molecule has 3 amide bonds. The molecule has 0 aliphatic heterocycles. The molecule has 0 atom stereocenters. The van der Waals surface area contributed by atoms with E-state index in [1.54, 1.807) is 57.2 Å². The highest BCUT2D eigenvalue weighted by molar-refractivity contribution is 6.30. The zero-order chi connectivity index (χ0) is 23.6. The van der Waals surface area contributed by atoms with E-state index in [2.05, 4.69) is 16.0 Å². The van der Waals surface area contributed by atoms with Crippen molar-refractivity contribution in [3.05, 3.63) is 70.8 Å². The number of amides is 3. The molecule has 7 nitrogen and oxygen atoms in total. The molecular weight excluding hydrogens is 430 g/mol. The number of carbonyl (C=O) groups is 3. The standard InChI is InChI=1S/C24H28ClN3O4/c1-24(2,3)32-23(31)26-13-12-21(29)27-16-18-7-5-9-20(15-18)28-22(30)11-10-17-6-4-8-19(25)14-17/h4-11,14-15H,12-13,16H2,1-3H3,(H,26,31)(H,27,29)(H,28,30)/b11-10+. The van der Waals surface area contributed by atoms with Crippen LogP contribution in [0.1, 0.15) is 38.3 Å². The van der Waals surface area contributed by atoms with Crippen molar-refractivity contribution in [1.29, 1.82) is 0 Å². The molecule has 3 N–H and O–H groups in total. The number of ether oxygens (including phenoxy) is 1. The minimum absolute atomic E-state index is 0.129. The van der Waals surface area contributed by atoms with Crippen molar-refractivity contribution in [2.24, 2.45) is 0 Å². The van der Waals surface area contributed by atoms with E-state index in [-0.39, 0.29) is 24.8 Å². The molecule has 8 heteroatoms. The summed E-state index contributed by atoms with van der Waals surface area (Å²) in [6.07, 6.45) is 2.68. The van der Waals surface area contributed by atoms with Gasteiger partial charge in [-0.3, -0.25) is 9.59 Å². The van der Waals surface area contributed by atoms with Gasteiger partial charge in [-0.15, -0.1) is 0 Å². The first kappa shape index (κ1) is 24.9. The lowest BCUT2D eigenvalue weighted by molar-refractivity contribution is -0.121. The second kappa shape index (κ2) is 11.9. The van der Waals surface area contributed by atoms with Crippen LogP contribution in [0, 0.1) is 0 Å². The van der Waals surface area contributed by atoms with E-state index in [0.29, 0.717) is 17.3 Å². The smallest absolute Gasteiger partial charge is 0.407 e. The van der Waals surface area contributed by atoms with Gasteiger partial charge in [0.05, 0.1) is 0 Å². The third-order valence-electron chi connectivity index (χ3n) is 3.98. The van der Waals surface area contributed by atoms with Crippen molar-refractivity contribution in [2.75, 3.05) is 11.9 Å². The zero-order valence-electron chi connectivity index (χ0n) is 18.4. The minimum atomic E-state index is -0.585. The predicted molar refractivity (Wildman–Crippen MR) is 126 cm³/mol. The van der Waals surface area contributed by atoms with Gasteiger partial charge in [0.1, 0.15) is 5.60 Å². The Balaban J connectivity index is 1.77. The quantitative estimate of drug-likeness (QED) is 0.507. The van der Waals surface area contributed by atoms with Crippen molar-refractivity contribution >= 4 is 41.3 Å². The van der Waals surface area contributed by atoms with Crippen LogP contribution >= 0.6 is 11.6 Å². The fourth-order valence-corrected chi connectivity index (χ4v) is 2.81. The van der Waals surface area contributed by atoms with E-state index in [4.69, 9.17) is 16.3 Å². The SMILES string of the molecule is CC(C)(C)OC(=O)NCCC(=O)NCc1cccc(NC(=O)/C=C/c2cccc(Cl)c2)c1. The normalized spacial score (nSPS) is 11.1. The fourth-order valence-electron chi connectivity index (χ4n) is 2.61. The van der Waals surface area contributed by atoms with Crippen molar-refractivity contribution < 1.29 is 19.1 Å². The molecule has 0 unspecified atom stereocenters. The summed E-state index contributed by atoms with van der Waals surface area (Å²) in [7, 11) is 0. The van der Waals surface area contributed by atoms with Crippen LogP contribution in [0.25, 0.3) is 6.08 Å². The summed E-state index contributed by atoms with van der Waals surface area (Å²) in [6.45, 7) is 5.78. The second-order valence-electron chi connectivity index (χ2n) is 8.03. The number of carbonyl (C=O) groups excluding carboxylic acids is 3. The van der Waals surface area contributed by atoms with Crippen LogP contribution < -0.4 is 16.0 Å². The molecule has 32 heavy (non-hydrogen) atoms. The molecule has 0 aliphatic carbocycles. The number of anilines is 1. The van der Waals surface area contributed by atoms with Crippen LogP contribution in [0.15, 0.2) is 54.6 Å². The largest absolute Gasteiger partial charge is 0.444 e. The van der Waals surface area contributed by atoms with E-state index in [9.17, 15) is 14.4 Å². The van der Waals surface area contributed by atoms with E-state index < -0.39 is 11.7 Å². The van der Waals surface area contributed by atoms with Crippen LogP contribution in [0.3, 0.4) is 0 Å². The van der Waals surface area contributed by atoms with Gasteiger partial charge in [-0.2, -0.15) is 0 Å². The minimum Gasteiger partial charge on any atom is -0.444 e. The molecular formula is C24H28ClN3O4. The van der Waals surface area contributed by atoms with Crippen molar-refractivity contribution in [3.63, 3.8) is 0 Å². The monoisotopic (exact) mass is 457 g/mol. The van der Waals surface area contributed by atoms with Crippen LogP contribution in [0.2, 0.25) is 5.02 Å². The third kappa shape index (κ3) is 10.1. The average molecular weight is 458 g/mol. The van der Waals surface area contributed by atoms with Crippen molar-refractivity contribution in [2.45, 2.75) is 39.3 Å². The molecule has 0 saturated heterocycles. The molecule has 170 valence electrons. The number of nitrogens with one attached hydrogen (secondary N) is 3. The highest BCUT2D eigenvalue weighted by atomic mass is 35.5. The third-order valence-corrected chi connectivity index (χ3v) is 4.22. The zero-order valence-corrected chi connectivity index (χ0v) is 19.2. The van der Waals surface area contributed by atoms with Gasteiger partial charge < -0.3 is 20.7 Å². The maximum Gasteiger partial charge on any atom is 0.407 e. The van der Waals surface area contributed by atoms with Gasteiger partial charge in [0.2, 0.25) is 11.8 Å². The van der Waals surface area contributed by atoms with Crippen molar-refractivity contribution in [3.8, 4) is 0 Å². The number of benzene rings is 2. The van der Waals surface area contributed by atoms with Crippen LogP contribution in [-0.4, -0.2) is 30.1 Å². The summed E-state index contributed by atoms with van der Waals surface area (Å²) in [4.78, 5) is 35.7. The predicted octanol–water partition coefficient (Wildman–Crippen LogP) is 4.52. The Morgan fingerprint density at radius 1 is 1.03 bits per heavy atom. The lowest BCUT2D eigenvalue weighted by Gasteiger charge is -2.19. The lowest BCUT2D eigenvalue weighted by atomic mass is 10.2. The first-order valence-electron chi connectivity index (χ1n) is 10.2. The molecule has 2 aromatic carbocycles. The molecule has 0 fully saturated rings. The Morgan fingerprint density at radius 2 is 1.78 bits per heavy atom. The topological polar surface area (TPSA) is 96.5 Å². The molecule has 0 saturated carbocycles. The van der Waals surface area contributed by atoms with Crippen LogP contribution in [-0.2, 0) is 20.9 Å². The van der Waals surface area contributed by atoms with Crippen LogP contribution in [0.4, 0.5) is 10.5 Å². The molecule has 0 radical (unpaired) electrons. The number of hydrogen-bond acceptors (Lipinski definition) is 4. The second-order valence-corrected chi connectivity index (χ2v) is 8.47. The van der Waals surface area contributed by atoms with Gasteiger partial charge in [0.25, 0.3) is 0 Å². The molecule has 0 bridgehead atoms. The molecule has 2 rings (SSSR count). The van der Waals surface area contributed by atoms with E-state index in [1.807, 2.05) is 18.2 Å². The maximum atomic E-state index is 12.2. The molecule has 0 heterocycles. The van der Waals surface area contributed by atoms with E-state index in [1.165, 1.54) is 6.08 Å². The summed E-state index contributed by atoms with van der Waals surface area (Å²) in [6, 6.07) is 14.4.